The van der Waals surface area contributed by atoms with Crippen molar-refractivity contribution in [1.82, 2.24) is 10.6 Å². The number of hydrogen-bond donors (Lipinski definition) is 2. The van der Waals surface area contributed by atoms with Gasteiger partial charge in [0.15, 0.2) is 0 Å². The zero-order valence-corrected chi connectivity index (χ0v) is 11.9. The normalized spacial score (nSPS) is 15.7. The lowest BCUT2D eigenvalue weighted by atomic mass is 10.2. The van der Waals surface area contributed by atoms with E-state index in [1.807, 2.05) is 31.2 Å². The van der Waals surface area contributed by atoms with Crippen LogP contribution < -0.4 is 10.6 Å². The van der Waals surface area contributed by atoms with Crippen molar-refractivity contribution in [2.45, 2.75) is 38.4 Å². The molecule has 5 heteroatoms. The smallest absolute Gasteiger partial charge is 0.237 e. The Kier molecular flexibility index (Phi) is 5.93. The number of benzene rings is 1. The van der Waals surface area contributed by atoms with Crippen LogP contribution in [0.15, 0.2) is 24.3 Å². The van der Waals surface area contributed by atoms with Crippen molar-refractivity contribution < 1.29 is 4.79 Å². The van der Waals surface area contributed by atoms with Gasteiger partial charge in [-0.3, -0.25) is 4.79 Å². The summed E-state index contributed by atoms with van der Waals surface area (Å²) in [5.74, 6) is 0.0248. The van der Waals surface area contributed by atoms with E-state index in [-0.39, 0.29) is 24.4 Å². The van der Waals surface area contributed by atoms with Gasteiger partial charge < -0.3 is 10.6 Å². The van der Waals surface area contributed by atoms with E-state index in [0.717, 1.165) is 5.56 Å². The van der Waals surface area contributed by atoms with Crippen LogP contribution in [0.2, 0.25) is 5.02 Å². The second kappa shape index (κ2) is 6.98. The third-order valence-electron chi connectivity index (χ3n) is 2.87. The summed E-state index contributed by atoms with van der Waals surface area (Å²) in [5, 5.41) is 6.84. The van der Waals surface area contributed by atoms with E-state index >= 15 is 0 Å². The van der Waals surface area contributed by atoms with Crippen LogP contribution >= 0.6 is 24.0 Å². The van der Waals surface area contributed by atoms with E-state index in [1.165, 1.54) is 12.8 Å². The zero-order chi connectivity index (χ0) is 12.3. The van der Waals surface area contributed by atoms with Gasteiger partial charge in [0, 0.05) is 17.6 Å². The summed E-state index contributed by atoms with van der Waals surface area (Å²) >= 11 is 6.01. The molecule has 0 aliphatic heterocycles. The quantitative estimate of drug-likeness (QED) is 0.874. The highest BCUT2D eigenvalue weighted by Crippen LogP contribution is 2.19. The second-order valence-electron chi connectivity index (χ2n) is 4.47. The van der Waals surface area contributed by atoms with Crippen molar-refractivity contribution in [2.24, 2.45) is 0 Å². The highest BCUT2D eigenvalue weighted by atomic mass is 35.5. The molecule has 0 bridgehead atoms. The fourth-order valence-electron chi connectivity index (χ4n) is 1.66. The Bertz CT molecular complexity index is 408. The van der Waals surface area contributed by atoms with Gasteiger partial charge in [0.1, 0.15) is 0 Å². The molecule has 2 N–H and O–H groups in total. The van der Waals surface area contributed by atoms with E-state index in [9.17, 15) is 4.79 Å². The average Bonchev–Trinajstić information content (AvgIpc) is 3.11. The number of nitrogens with one attached hydrogen (secondary N) is 2. The topological polar surface area (TPSA) is 41.1 Å². The second-order valence-corrected chi connectivity index (χ2v) is 4.88. The maximum Gasteiger partial charge on any atom is 0.237 e. The van der Waals surface area contributed by atoms with Gasteiger partial charge >= 0.3 is 0 Å². The third-order valence-corrected chi connectivity index (χ3v) is 3.24. The molecular formula is C13H18Cl2N2O. The van der Waals surface area contributed by atoms with E-state index in [2.05, 4.69) is 10.6 Å². The molecule has 1 aliphatic carbocycles. The Balaban J connectivity index is 0.00000162. The molecule has 1 amide bonds. The molecule has 1 aliphatic rings. The lowest BCUT2D eigenvalue weighted by Crippen LogP contribution is -2.42. The van der Waals surface area contributed by atoms with Crippen LogP contribution in [0.4, 0.5) is 0 Å². The summed E-state index contributed by atoms with van der Waals surface area (Å²) in [6.45, 7) is 2.37. The summed E-state index contributed by atoms with van der Waals surface area (Å²) in [5.41, 5.74) is 0.945. The molecule has 1 saturated carbocycles. The molecule has 100 valence electrons. The van der Waals surface area contributed by atoms with Crippen LogP contribution in [0.1, 0.15) is 25.3 Å². The maximum absolute atomic E-state index is 11.8. The number of halogens is 2. The van der Waals surface area contributed by atoms with Crippen LogP contribution in [-0.2, 0) is 11.3 Å². The predicted molar refractivity (Wildman–Crippen MR) is 76.2 cm³/mol. The number of carbonyl (C=O) groups is 1. The Morgan fingerprint density at radius 2 is 2.11 bits per heavy atom. The van der Waals surface area contributed by atoms with Crippen LogP contribution in [0, 0.1) is 0 Å². The molecular weight excluding hydrogens is 271 g/mol. The first-order valence-corrected chi connectivity index (χ1v) is 6.32. The van der Waals surface area contributed by atoms with Crippen LogP contribution in [0.5, 0.6) is 0 Å². The zero-order valence-electron chi connectivity index (χ0n) is 10.3. The van der Waals surface area contributed by atoms with Crippen molar-refractivity contribution in [2.75, 3.05) is 0 Å². The van der Waals surface area contributed by atoms with Crippen molar-refractivity contribution in [3.8, 4) is 0 Å². The molecule has 0 saturated heterocycles. The van der Waals surface area contributed by atoms with E-state index in [0.29, 0.717) is 17.6 Å². The fraction of sp³-hybridized carbons (Fsp3) is 0.462. The van der Waals surface area contributed by atoms with Crippen molar-refractivity contribution in [3.05, 3.63) is 34.9 Å². The van der Waals surface area contributed by atoms with Gasteiger partial charge in [-0.15, -0.1) is 12.4 Å². The summed E-state index contributed by atoms with van der Waals surface area (Å²) in [4.78, 5) is 11.8. The van der Waals surface area contributed by atoms with Crippen LogP contribution in [0.25, 0.3) is 0 Å². The first-order valence-electron chi connectivity index (χ1n) is 5.94. The molecule has 1 aromatic rings. The summed E-state index contributed by atoms with van der Waals surface area (Å²) in [6.07, 6.45) is 2.37. The molecule has 1 atom stereocenters. The standard InChI is InChI=1S/C13H17ClN2O.ClH/c1-9(16-11-6-7-11)13(17)15-8-10-4-2-3-5-12(10)14;/h2-5,9,11,16H,6-8H2,1H3,(H,15,17);1H. The predicted octanol–water partition coefficient (Wildman–Crippen LogP) is 2.52. The van der Waals surface area contributed by atoms with Crippen molar-refractivity contribution >= 4 is 29.9 Å². The minimum Gasteiger partial charge on any atom is -0.351 e. The molecule has 3 nitrogen and oxygen atoms in total. The third kappa shape index (κ3) is 4.48. The molecule has 0 spiro atoms. The Labute approximate surface area is 119 Å². The van der Waals surface area contributed by atoms with Crippen molar-refractivity contribution in [3.63, 3.8) is 0 Å². The van der Waals surface area contributed by atoms with Gasteiger partial charge in [-0.05, 0) is 31.4 Å². The summed E-state index contributed by atoms with van der Waals surface area (Å²) in [7, 11) is 0. The Hall–Kier alpha value is -0.770. The highest BCUT2D eigenvalue weighted by molar-refractivity contribution is 6.31. The lowest BCUT2D eigenvalue weighted by molar-refractivity contribution is -0.122. The van der Waals surface area contributed by atoms with E-state index < -0.39 is 0 Å². The first kappa shape index (κ1) is 15.3. The largest absolute Gasteiger partial charge is 0.351 e. The van der Waals surface area contributed by atoms with Crippen LogP contribution in [-0.4, -0.2) is 18.0 Å². The number of amides is 1. The van der Waals surface area contributed by atoms with Gasteiger partial charge in [0.25, 0.3) is 0 Å². The van der Waals surface area contributed by atoms with Gasteiger partial charge in [0.2, 0.25) is 5.91 Å². The molecule has 1 unspecified atom stereocenters. The van der Waals surface area contributed by atoms with Crippen molar-refractivity contribution in [1.29, 1.82) is 0 Å². The average molecular weight is 289 g/mol. The molecule has 0 radical (unpaired) electrons. The Morgan fingerprint density at radius 1 is 1.44 bits per heavy atom. The van der Waals surface area contributed by atoms with Gasteiger partial charge in [-0.2, -0.15) is 0 Å². The van der Waals surface area contributed by atoms with E-state index in [4.69, 9.17) is 11.6 Å². The van der Waals surface area contributed by atoms with E-state index in [1.54, 1.807) is 0 Å². The first-order chi connectivity index (χ1) is 8.16. The highest BCUT2D eigenvalue weighted by Gasteiger charge is 2.25. The lowest BCUT2D eigenvalue weighted by Gasteiger charge is -2.13. The summed E-state index contributed by atoms with van der Waals surface area (Å²) < 4.78 is 0. The van der Waals surface area contributed by atoms with Gasteiger partial charge in [0.05, 0.1) is 6.04 Å². The minimum absolute atomic E-state index is 0. The van der Waals surface area contributed by atoms with Gasteiger partial charge in [-0.25, -0.2) is 0 Å². The Morgan fingerprint density at radius 3 is 2.72 bits per heavy atom. The molecule has 1 fully saturated rings. The molecule has 0 aromatic heterocycles. The van der Waals surface area contributed by atoms with Crippen LogP contribution in [0.3, 0.4) is 0 Å². The summed E-state index contributed by atoms with van der Waals surface area (Å²) in [6, 6.07) is 7.95. The minimum atomic E-state index is -0.134. The number of rotatable bonds is 5. The number of hydrogen-bond acceptors (Lipinski definition) is 2. The fourth-order valence-corrected chi connectivity index (χ4v) is 1.86. The SMILES string of the molecule is CC(NC1CC1)C(=O)NCc1ccccc1Cl.Cl. The molecule has 18 heavy (non-hydrogen) atoms. The molecule has 2 rings (SSSR count). The molecule has 1 aromatic carbocycles. The molecule has 0 heterocycles. The number of carbonyl (C=O) groups excluding carboxylic acids is 1. The maximum atomic E-state index is 11.8. The monoisotopic (exact) mass is 288 g/mol. The van der Waals surface area contributed by atoms with Gasteiger partial charge in [-0.1, -0.05) is 29.8 Å².